The van der Waals surface area contributed by atoms with Gasteiger partial charge < -0.3 is 10.2 Å². The number of nitrogens with zero attached hydrogens (tertiary/aromatic N) is 1. The van der Waals surface area contributed by atoms with Crippen LogP contribution in [0.4, 0.5) is 10.1 Å². The first-order valence-electron chi connectivity index (χ1n) is 9.91. The summed E-state index contributed by atoms with van der Waals surface area (Å²) in [6.45, 7) is 0.450. The van der Waals surface area contributed by atoms with E-state index in [1.54, 1.807) is 18.2 Å². The smallest absolute Gasteiger partial charge is 0.249 e. The second-order valence-electron chi connectivity index (χ2n) is 8.95. The molecule has 138 valence electrons. The van der Waals surface area contributed by atoms with Gasteiger partial charge in [-0.3, -0.25) is 9.59 Å². The van der Waals surface area contributed by atoms with Crippen molar-refractivity contribution in [1.29, 1.82) is 0 Å². The highest BCUT2D eigenvalue weighted by atomic mass is 19.1. The lowest BCUT2D eigenvalue weighted by molar-refractivity contribution is -0.148. The molecule has 0 aromatic heterocycles. The van der Waals surface area contributed by atoms with Crippen molar-refractivity contribution in [1.82, 2.24) is 5.32 Å². The van der Waals surface area contributed by atoms with Gasteiger partial charge in [0.05, 0.1) is 5.69 Å². The van der Waals surface area contributed by atoms with Crippen molar-refractivity contribution in [3.8, 4) is 0 Å². The van der Waals surface area contributed by atoms with Gasteiger partial charge in [0.15, 0.2) is 0 Å². The quantitative estimate of drug-likeness (QED) is 0.904. The van der Waals surface area contributed by atoms with Crippen LogP contribution in [0.5, 0.6) is 0 Å². The molecule has 0 unspecified atom stereocenters. The summed E-state index contributed by atoms with van der Waals surface area (Å²) in [7, 11) is 0. The first-order valence-corrected chi connectivity index (χ1v) is 9.91. The van der Waals surface area contributed by atoms with Crippen LogP contribution in [0.25, 0.3) is 0 Å². The van der Waals surface area contributed by atoms with Crippen molar-refractivity contribution in [2.24, 2.45) is 23.2 Å². The van der Waals surface area contributed by atoms with Gasteiger partial charge in [-0.1, -0.05) is 12.1 Å². The number of halogens is 1. The molecular formula is C21H25FN2O2. The number of nitrogens with one attached hydrogen (secondary N) is 1. The minimum atomic E-state index is -0.518. The number of anilines is 1. The van der Waals surface area contributed by atoms with E-state index in [0.717, 1.165) is 19.3 Å². The van der Waals surface area contributed by atoms with Crippen molar-refractivity contribution >= 4 is 17.5 Å². The highest BCUT2D eigenvalue weighted by Crippen LogP contribution is 2.60. The highest BCUT2D eigenvalue weighted by molar-refractivity contribution is 6.02. The molecule has 4 bridgehead atoms. The molecule has 5 aliphatic rings. The summed E-state index contributed by atoms with van der Waals surface area (Å²) in [5.41, 5.74) is 0.0598. The Balaban J connectivity index is 1.31. The maximum Gasteiger partial charge on any atom is 0.249 e. The maximum atomic E-state index is 14.0. The van der Waals surface area contributed by atoms with Gasteiger partial charge >= 0.3 is 0 Å². The fraction of sp³-hybridized carbons (Fsp3) is 0.619. The minimum absolute atomic E-state index is 0.0744. The average Bonchev–Trinajstić information content (AvgIpc) is 2.95. The Hall–Kier alpha value is -1.91. The Morgan fingerprint density at radius 1 is 1.08 bits per heavy atom. The summed E-state index contributed by atoms with van der Waals surface area (Å²) in [4.78, 5) is 27.4. The molecule has 1 heterocycles. The summed E-state index contributed by atoms with van der Waals surface area (Å²) in [6, 6.07) is 5.81. The molecule has 0 radical (unpaired) electrons. The van der Waals surface area contributed by atoms with Crippen molar-refractivity contribution in [2.75, 3.05) is 11.4 Å². The molecule has 4 aliphatic carbocycles. The van der Waals surface area contributed by atoms with E-state index in [0.29, 0.717) is 36.4 Å². The van der Waals surface area contributed by atoms with Gasteiger partial charge in [0.2, 0.25) is 11.8 Å². The molecule has 4 saturated carbocycles. The van der Waals surface area contributed by atoms with Gasteiger partial charge in [-0.05, 0) is 74.8 Å². The van der Waals surface area contributed by atoms with Gasteiger partial charge in [-0.15, -0.1) is 0 Å². The zero-order chi connectivity index (χ0) is 17.9. The SMILES string of the molecule is O=C1[C@H](NC(=O)C23CC4CC(CC(C4)C2)C3)CCN1c1ccccc1F. The predicted molar refractivity (Wildman–Crippen MR) is 95.9 cm³/mol. The summed E-state index contributed by atoms with van der Waals surface area (Å²) in [6.07, 6.45) is 7.38. The lowest BCUT2D eigenvalue weighted by Crippen LogP contribution is -2.56. The van der Waals surface area contributed by atoms with Crippen LogP contribution < -0.4 is 10.2 Å². The molecule has 1 aromatic rings. The third-order valence-electron chi connectivity index (χ3n) is 7.17. The number of carbonyl (C=O) groups excluding carboxylic acids is 2. The molecule has 0 spiro atoms. The summed E-state index contributed by atoms with van der Waals surface area (Å²) in [5, 5.41) is 3.05. The van der Waals surface area contributed by atoms with Gasteiger partial charge in [-0.25, -0.2) is 4.39 Å². The molecule has 26 heavy (non-hydrogen) atoms. The topological polar surface area (TPSA) is 49.4 Å². The van der Waals surface area contributed by atoms with E-state index in [4.69, 9.17) is 0 Å². The molecule has 5 fully saturated rings. The zero-order valence-corrected chi connectivity index (χ0v) is 14.9. The van der Waals surface area contributed by atoms with Crippen molar-refractivity contribution < 1.29 is 14.0 Å². The van der Waals surface area contributed by atoms with E-state index in [-0.39, 0.29) is 17.2 Å². The van der Waals surface area contributed by atoms with Crippen LogP contribution >= 0.6 is 0 Å². The zero-order valence-electron chi connectivity index (χ0n) is 14.9. The minimum Gasteiger partial charge on any atom is -0.344 e. The van der Waals surface area contributed by atoms with Crippen LogP contribution in [-0.4, -0.2) is 24.4 Å². The van der Waals surface area contributed by atoms with E-state index >= 15 is 0 Å². The summed E-state index contributed by atoms with van der Waals surface area (Å²) >= 11 is 0. The van der Waals surface area contributed by atoms with Gasteiger partial charge in [0.1, 0.15) is 11.9 Å². The van der Waals surface area contributed by atoms with E-state index in [1.165, 1.54) is 30.2 Å². The molecule has 1 aliphatic heterocycles. The van der Waals surface area contributed by atoms with Gasteiger partial charge in [0, 0.05) is 12.0 Å². The molecule has 6 rings (SSSR count). The van der Waals surface area contributed by atoms with Crippen LogP contribution in [0.3, 0.4) is 0 Å². The van der Waals surface area contributed by atoms with Crippen molar-refractivity contribution in [3.63, 3.8) is 0 Å². The highest BCUT2D eigenvalue weighted by Gasteiger charge is 2.55. The summed E-state index contributed by atoms with van der Waals surface area (Å²) < 4.78 is 14.0. The van der Waals surface area contributed by atoms with Crippen LogP contribution in [0.1, 0.15) is 44.9 Å². The monoisotopic (exact) mass is 356 g/mol. The molecule has 2 amide bonds. The Morgan fingerprint density at radius 2 is 1.69 bits per heavy atom. The molecular weight excluding hydrogens is 331 g/mol. The van der Waals surface area contributed by atoms with Crippen LogP contribution in [-0.2, 0) is 9.59 Å². The first kappa shape index (κ1) is 16.3. The van der Waals surface area contributed by atoms with Crippen molar-refractivity contribution in [3.05, 3.63) is 30.1 Å². The molecule has 1 atom stereocenters. The molecule has 5 heteroatoms. The third kappa shape index (κ3) is 2.47. The normalized spacial score (nSPS) is 38.0. The van der Waals surface area contributed by atoms with E-state index in [2.05, 4.69) is 5.32 Å². The number of hydrogen-bond donors (Lipinski definition) is 1. The maximum absolute atomic E-state index is 14.0. The van der Waals surface area contributed by atoms with E-state index < -0.39 is 11.9 Å². The van der Waals surface area contributed by atoms with E-state index in [9.17, 15) is 14.0 Å². The number of para-hydroxylation sites is 1. The standard InChI is InChI=1S/C21H25FN2O2/c22-16-3-1-2-4-18(16)24-6-5-17(19(24)25)23-20(26)21-10-13-7-14(11-21)9-15(8-13)12-21/h1-4,13-15,17H,5-12H2,(H,23,26)/t13?,14?,15?,17-,21?/m1/s1. The second kappa shape index (κ2) is 5.80. The number of amides is 2. The van der Waals surface area contributed by atoms with Crippen LogP contribution in [0, 0.1) is 29.0 Å². The fourth-order valence-electron chi connectivity index (χ4n) is 6.42. The second-order valence-corrected chi connectivity index (χ2v) is 8.95. The first-order chi connectivity index (χ1) is 12.5. The predicted octanol–water partition coefficient (Wildman–Crippen LogP) is 3.26. The Bertz CT molecular complexity index is 727. The summed E-state index contributed by atoms with van der Waals surface area (Å²) in [5.74, 6) is 1.58. The fourth-order valence-corrected chi connectivity index (χ4v) is 6.42. The Morgan fingerprint density at radius 3 is 2.31 bits per heavy atom. The number of rotatable bonds is 3. The van der Waals surface area contributed by atoms with Crippen molar-refractivity contribution in [2.45, 2.75) is 51.0 Å². The Labute approximate surface area is 153 Å². The largest absolute Gasteiger partial charge is 0.344 e. The van der Waals surface area contributed by atoms with Crippen LogP contribution in [0.15, 0.2) is 24.3 Å². The van der Waals surface area contributed by atoms with Gasteiger partial charge in [-0.2, -0.15) is 0 Å². The number of hydrogen-bond acceptors (Lipinski definition) is 2. The lowest BCUT2D eigenvalue weighted by Gasteiger charge is -2.55. The Kier molecular flexibility index (Phi) is 3.63. The lowest BCUT2D eigenvalue weighted by atomic mass is 9.49. The molecule has 1 saturated heterocycles. The number of benzene rings is 1. The average molecular weight is 356 g/mol. The van der Waals surface area contributed by atoms with Gasteiger partial charge in [0.25, 0.3) is 0 Å². The van der Waals surface area contributed by atoms with E-state index in [1.807, 2.05) is 0 Å². The van der Waals surface area contributed by atoms with Crippen LogP contribution in [0.2, 0.25) is 0 Å². The third-order valence-corrected chi connectivity index (χ3v) is 7.17. The molecule has 1 N–H and O–H groups in total. The molecule has 1 aromatic carbocycles. The molecule has 4 nitrogen and oxygen atoms in total. The number of carbonyl (C=O) groups is 2.